The number of aromatic nitrogens is 1. The number of alkyl halides is 2. The van der Waals surface area contributed by atoms with Crippen molar-refractivity contribution in [3.8, 4) is 0 Å². The highest BCUT2D eigenvalue weighted by atomic mass is 19.3. The molecule has 2 nitrogen and oxygen atoms in total. The molecular weight excluding hydrogens is 152 g/mol. The number of aryl methyl sites for hydroxylation is 1. The Kier molecular flexibility index (Phi) is 2.24. The fraction of sp³-hybridized carbons (Fsp3) is 0.429. The van der Waals surface area contributed by atoms with Crippen LogP contribution in [-0.4, -0.2) is 16.1 Å². The van der Waals surface area contributed by atoms with E-state index in [-0.39, 0.29) is 5.69 Å². The normalized spacial score (nSPS) is 13.9. The third kappa shape index (κ3) is 1.57. The first-order chi connectivity index (χ1) is 5.13. The lowest BCUT2D eigenvalue weighted by Crippen LogP contribution is -2.11. The van der Waals surface area contributed by atoms with Gasteiger partial charge in [-0.25, -0.2) is 8.78 Å². The average Bonchev–Trinajstić information content (AvgIpc) is 2.33. The molecule has 0 saturated carbocycles. The number of nitrogens with zero attached hydrogens (tertiary/aromatic N) is 1. The Labute approximate surface area is 63.1 Å². The molecule has 1 rings (SSSR count). The number of rotatable bonds is 2. The second kappa shape index (κ2) is 3.00. The Balaban J connectivity index is 2.84. The lowest BCUT2D eigenvalue weighted by atomic mass is 10.3. The Morgan fingerprint density at radius 3 is 2.55 bits per heavy atom. The molecule has 0 spiro atoms. The third-order valence-corrected chi connectivity index (χ3v) is 1.53. The summed E-state index contributed by atoms with van der Waals surface area (Å²) in [4.78, 5) is 0. The van der Waals surface area contributed by atoms with Crippen molar-refractivity contribution in [2.45, 2.75) is 12.5 Å². The maximum Gasteiger partial charge on any atom is 0.269 e. The molecule has 0 radical (unpaired) electrons. The Morgan fingerprint density at radius 2 is 2.18 bits per heavy atom. The molecule has 1 aromatic rings. The summed E-state index contributed by atoms with van der Waals surface area (Å²) in [6, 6.07) is 3.08. The third-order valence-electron chi connectivity index (χ3n) is 1.53. The predicted molar refractivity (Wildman–Crippen MR) is 36.4 cm³/mol. The molecule has 0 amide bonds. The van der Waals surface area contributed by atoms with Gasteiger partial charge in [-0.15, -0.1) is 0 Å². The second-order valence-electron chi connectivity index (χ2n) is 2.32. The van der Waals surface area contributed by atoms with Crippen LogP contribution in [0.25, 0.3) is 0 Å². The van der Waals surface area contributed by atoms with Gasteiger partial charge in [0.05, 0.1) is 5.69 Å². The SMILES string of the molecule is Cn1cccc1C(O)C(F)F. The lowest BCUT2D eigenvalue weighted by Gasteiger charge is -2.09. The fourth-order valence-electron chi connectivity index (χ4n) is 0.911. The van der Waals surface area contributed by atoms with Gasteiger partial charge in [0.2, 0.25) is 0 Å². The molecule has 0 fully saturated rings. The van der Waals surface area contributed by atoms with Gasteiger partial charge in [-0.2, -0.15) is 0 Å². The standard InChI is InChI=1S/C7H9F2NO/c1-10-4-2-3-5(10)6(11)7(8)9/h2-4,6-7,11H,1H3. The zero-order chi connectivity index (χ0) is 8.43. The van der Waals surface area contributed by atoms with E-state index < -0.39 is 12.5 Å². The summed E-state index contributed by atoms with van der Waals surface area (Å²) in [5, 5.41) is 8.90. The summed E-state index contributed by atoms with van der Waals surface area (Å²) in [5.74, 6) is 0. The van der Waals surface area contributed by atoms with Gasteiger partial charge in [0.15, 0.2) is 6.10 Å². The topological polar surface area (TPSA) is 25.2 Å². The smallest absolute Gasteiger partial charge is 0.269 e. The number of hydrogen-bond acceptors (Lipinski definition) is 1. The average molecular weight is 161 g/mol. The predicted octanol–water partition coefficient (Wildman–Crippen LogP) is 1.32. The molecule has 1 unspecified atom stereocenters. The molecule has 1 heterocycles. The largest absolute Gasteiger partial charge is 0.381 e. The van der Waals surface area contributed by atoms with E-state index in [0.29, 0.717) is 0 Å². The molecule has 0 aromatic carbocycles. The number of hydrogen-bond donors (Lipinski definition) is 1. The van der Waals surface area contributed by atoms with Crippen LogP contribution in [0.5, 0.6) is 0 Å². The highest BCUT2D eigenvalue weighted by Crippen LogP contribution is 2.19. The van der Waals surface area contributed by atoms with Gasteiger partial charge in [-0.3, -0.25) is 0 Å². The Bertz CT molecular complexity index is 234. The molecule has 1 aromatic heterocycles. The van der Waals surface area contributed by atoms with Gasteiger partial charge in [0.1, 0.15) is 0 Å². The highest BCUT2D eigenvalue weighted by molar-refractivity contribution is 5.09. The number of aliphatic hydroxyl groups excluding tert-OH is 1. The second-order valence-corrected chi connectivity index (χ2v) is 2.32. The molecule has 0 aliphatic rings. The molecule has 0 saturated heterocycles. The molecule has 0 aliphatic heterocycles. The maximum atomic E-state index is 11.9. The van der Waals surface area contributed by atoms with Crippen molar-refractivity contribution < 1.29 is 13.9 Å². The first-order valence-corrected chi connectivity index (χ1v) is 3.20. The maximum absolute atomic E-state index is 11.9. The minimum Gasteiger partial charge on any atom is -0.381 e. The van der Waals surface area contributed by atoms with Gasteiger partial charge in [-0.05, 0) is 12.1 Å². The van der Waals surface area contributed by atoms with Crippen LogP contribution in [-0.2, 0) is 7.05 Å². The van der Waals surface area contributed by atoms with Crippen molar-refractivity contribution in [1.82, 2.24) is 4.57 Å². The highest BCUT2D eigenvalue weighted by Gasteiger charge is 2.20. The quantitative estimate of drug-likeness (QED) is 0.695. The van der Waals surface area contributed by atoms with Gasteiger partial charge < -0.3 is 9.67 Å². The summed E-state index contributed by atoms with van der Waals surface area (Å²) in [7, 11) is 1.61. The molecule has 1 N–H and O–H groups in total. The van der Waals surface area contributed by atoms with Gasteiger partial charge in [0.25, 0.3) is 6.43 Å². The Morgan fingerprint density at radius 1 is 1.55 bits per heavy atom. The molecular formula is C7H9F2NO. The van der Waals surface area contributed by atoms with Crippen LogP contribution in [0.4, 0.5) is 8.78 Å². The number of aliphatic hydroxyl groups is 1. The van der Waals surface area contributed by atoms with Crippen molar-refractivity contribution in [2.24, 2.45) is 7.05 Å². The van der Waals surface area contributed by atoms with Crippen LogP contribution in [0.15, 0.2) is 18.3 Å². The van der Waals surface area contributed by atoms with E-state index in [0.717, 1.165) is 0 Å². The summed E-state index contributed by atoms with van der Waals surface area (Å²) in [5.41, 5.74) is 0.236. The minimum absolute atomic E-state index is 0.236. The Hall–Kier alpha value is -0.900. The zero-order valence-electron chi connectivity index (χ0n) is 6.04. The first kappa shape index (κ1) is 8.20. The minimum atomic E-state index is -2.72. The van der Waals surface area contributed by atoms with Crippen LogP contribution >= 0.6 is 0 Å². The van der Waals surface area contributed by atoms with Gasteiger partial charge in [-0.1, -0.05) is 0 Å². The van der Waals surface area contributed by atoms with E-state index >= 15 is 0 Å². The van der Waals surface area contributed by atoms with Gasteiger partial charge in [0, 0.05) is 13.2 Å². The van der Waals surface area contributed by atoms with Crippen LogP contribution in [0.2, 0.25) is 0 Å². The van der Waals surface area contributed by atoms with Crippen molar-refractivity contribution in [3.63, 3.8) is 0 Å². The zero-order valence-corrected chi connectivity index (χ0v) is 6.04. The first-order valence-electron chi connectivity index (χ1n) is 3.20. The van der Waals surface area contributed by atoms with E-state index in [1.165, 1.54) is 10.6 Å². The molecule has 1 atom stereocenters. The van der Waals surface area contributed by atoms with E-state index in [4.69, 9.17) is 5.11 Å². The van der Waals surface area contributed by atoms with E-state index in [9.17, 15) is 8.78 Å². The molecule has 4 heteroatoms. The monoisotopic (exact) mass is 161 g/mol. The van der Waals surface area contributed by atoms with Crippen LogP contribution in [0.3, 0.4) is 0 Å². The molecule has 62 valence electrons. The van der Waals surface area contributed by atoms with Crippen LogP contribution < -0.4 is 0 Å². The lowest BCUT2D eigenvalue weighted by molar-refractivity contribution is -0.00969. The van der Waals surface area contributed by atoms with Crippen LogP contribution in [0.1, 0.15) is 11.8 Å². The van der Waals surface area contributed by atoms with Gasteiger partial charge >= 0.3 is 0 Å². The van der Waals surface area contributed by atoms with Crippen molar-refractivity contribution in [1.29, 1.82) is 0 Å². The van der Waals surface area contributed by atoms with Crippen molar-refractivity contribution >= 4 is 0 Å². The summed E-state index contributed by atoms with van der Waals surface area (Å²) in [6.07, 6.45) is -2.78. The molecule has 0 aliphatic carbocycles. The van der Waals surface area contributed by atoms with Crippen molar-refractivity contribution in [3.05, 3.63) is 24.0 Å². The molecule has 11 heavy (non-hydrogen) atoms. The number of halogens is 2. The fourth-order valence-corrected chi connectivity index (χ4v) is 0.911. The van der Waals surface area contributed by atoms with E-state index in [1.807, 2.05) is 0 Å². The van der Waals surface area contributed by atoms with Crippen LogP contribution in [0, 0.1) is 0 Å². The van der Waals surface area contributed by atoms with E-state index in [1.54, 1.807) is 19.3 Å². The van der Waals surface area contributed by atoms with E-state index in [2.05, 4.69) is 0 Å². The molecule has 0 bridgehead atoms. The summed E-state index contributed by atoms with van der Waals surface area (Å²) in [6.45, 7) is 0. The summed E-state index contributed by atoms with van der Waals surface area (Å²) >= 11 is 0. The summed E-state index contributed by atoms with van der Waals surface area (Å²) < 4.78 is 25.3. The van der Waals surface area contributed by atoms with Crippen molar-refractivity contribution in [2.75, 3.05) is 0 Å².